The molecule has 1 spiro atoms. The van der Waals surface area contributed by atoms with Gasteiger partial charge in [-0.05, 0) is 27.2 Å². The summed E-state index contributed by atoms with van der Waals surface area (Å²) >= 11 is 0. The Morgan fingerprint density at radius 3 is 2.35 bits per heavy atom. The van der Waals surface area contributed by atoms with Gasteiger partial charge in [-0.15, -0.1) is 0 Å². The molecule has 0 unspecified atom stereocenters. The maximum absolute atomic E-state index is 11.8. The molecule has 0 atom stereocenters. The highest BCUT2D eigenvalue weighted by Crippen LogP contribution is 2.37. The molecule has 0 radical (unpaired) electrons. The van der Waals surface area contributed by atoms with Gasteiger partial charge in [0.2, 0.25) is 5.91 Å². The molecule has 2 aliphatic heterocycles. The van der Waals surface area contributed by atoms with Crippen LogP contribution < -0.4 is 0 Å². The Hall–Kier alpha value is -1.26. The number of nitrogens with zero attached hydrogens (tertiary/aromatic N) is 2. The first-order valence-corrected chi connectivity index (χ1v) is 5.98. The van der Waals surface area contributed by atoms with Crippen molar-refractivity contribution in [1.82, 2.24) is 9.80 Å². The summed E-state index contributed by atoms with van der Waals surface area (Å²) in [6.45, 7) is 6.76. The molecule has 2 rings (SSSR count). The molecule has 96 valence electrons. The minimum Gasteiger partial charge on any atom is -0.444 e. The Morgan fingerprint density at radius 1 is 1.35 bits per heavy atom. The molecule has 0 bridgehead atoms. The summed E-state index contributed by atoms with van der Waals surface area (Å²) in [5.41, 5.74) is -0.578. The van der Waals surface area contributed by atoms with Crippen molar-refractivity contribution in [2.45, 2.75) is 44.8 Å². The predicted octanol–water partition coefficient (Wildman–Crippen LogP) is 1.23. The highest BCUT2D eigenvalue weighted by atomic mass is 16.6. The van der Waals surface area contributed by atoms with E-state index in [1.165, 1.54) is 0 Å². The first-order chi connectivity index (χ1) is 7.73. The summed E-state index contributed by atoms with van der Waals surface area (Å²) in [6, 6.07) is 0. The lowest BCUT2D eigenvalue weighted by Gasteiger charge is -2.51. The number of ether oxygens (including phenoxy) is 1. The van der Waals surface area contributed by atoms with Crippen LogP contribution in [-0.2, 0) is 9.53 Å². The summed E-state index contributed by atoms with van der Waals surface area (Å²) in [7, 11) is 1.82. The molecule has 0 aromatic carbocycles. The maximum atomic E-state index is 11.8. The lowest BCUT2D eigenvalue weighted by molar-refractivity contribution is -0.133. The molecule has 17 heavy (non-hydrogen) atoms. The molecular weight excluding hydrogens is 220 g/mol. The number of carbonyl (C=O) groups is 2. The first kappa shape index (κ1) is 12.2. The summed E-state index contributed by atoms with van der Waals surface area (Å²) in [6.07, 6.45) is 1.16. The molecule has 0 saturated carbocycles. The minimum atomic E-state index is -0.461. The molecule has 2 aliphatic rings. The Morgan fingerprint density at radius 2 is 1.94 bits per heavy atom. The van der Waals surface area contributed by atoms with E-state index in [1.54, 1.807) is 9.80 Å². The lowest BCUT2D eigenvalue weighted by Crippen LogP contribution is -2.68. The van der Waals surface area contributed by atoms with Crippen molar-refractivity contribution in [2.75, 3.05) is 20.1 Å². The van der Waals surface area contributed by atoms with Crippen LogP contribution in [0.2, 0.25) is 0 Å². The van der Waals surface area contributed by atoms with Crippen LogP contribution in [0.1, 0.15) is 33.6 Å². The topological polar surface area (TPSA) is 49.9 Å². The second-order valence-corrected chi connectivity index (χ2v) is 6.01. The van der Waals surface area contributed by atoms with Crippen molar-refractivity contribution in [3.8, 4) is 0 Å². The van der Waals surface area contributed by atoms with Gasteiger partial charge in [0.1, 0.15) is 5.60 Å². The third-order valence-corrected chi connectivity index (χ3v) is 3.51. The molecule has 2 heterocycles. The van der Waals surface area contributed by atoms with Gasteiger partial charge in [-0.25, -0.2) is 4.79 Å². The maximum Gasteiger partial charge on any atom is 0.410 e. The Labute approximate surface area is 102 Å². The van der Waals surface area contributed by atoms with Gasteiger partial charge in [0.25, 0.3) is 0 Å². The van der Waals surface area contributed by atoms with Crippen molar-refractivity contribution in [3.05, 3.63) is 0 Å². The van der Waals surface area contributed by atoms with Crippen LogP contribution in [0.5, 0.6) is 0 Å². The van der Waals surface area contributed by atoms with Crippen LogP contribution in [0.25, 0.3) is 0 Å². The van der Waals surface area contributed by atoms with E-state index in [0.717, 1.165) is 6.42 Å². The number of likely N-dealkylation sites (tertiary alicyclic amines) is 2. The molecule has 2 saturated heterocycles. The molecule has 5 heteroatoms. The van der Waals surface area contributed by atoms with Crippen LogP contribution in [0.3, 0.4) is 0 Å². The number of amides is 2. The van der Waals surface area contributed by atoms with Gasteiger partial charge in [-0.3, -0.25) is 4.79 Å². The molecule has 0 N–H and O–H groups in total. The first-order valence-electron chi connectivity index (χ1n) is 5.98. The second kappa shape index (κ2) is 3.62. The van der Waals surface area contributed by atoms with E-state index in [2.05, 4.69) is 0 Å². The van der Waals surface area contributed by atoms with Crippen LogP contribution in [0.4, 0.5) is 4.79 Å². The van der Waals surface area contributed by atoms with Gasteiger partial charge >= 0.3 is 6.09 Å². The second-order valence-electron chi connectivity index (χ2n) is 6.01. The van der Waals surface area contributed by atoms with E-state index in [4.69, 9.17) is 4.74 Å². The lowest BCUT2D eigenvalue weighted by atomic mass is 9.88. The van der Waals surface area contributed by atoms with E-state index < -0.39 is 5.60 Å². The van der Waals surface area contributed by atoms with Crippen LogP contribution in [0, 0.1) is 0 Å². The predicted molar refractivity (Wildman–Crippen MR) is 62.5 cm³/mol. The number of rotatable bonds is 0. The van der Waals surface area contributed by atoms with E-state index in [0.29, 0.717) is 19.5 Å². The van der Waals surface area contributed by atoms with Gasteiger partial charge in [0, 0.05) is 26.6 Å². The molecule has 5 nitrogen and oxygen atoms in total. The van der Waals surface area contributed by atoms with Crippen molar-refractivity contribution in [2.24, 2.45) is 0 Å². The van der Waals surface area contributed by atoms with Crippen molar-refractivity contribution in [3.63, 3.8) is 0 Å². The fourth-order valence-corrected chi connectivity index (χ4v) is 2.43. The van der Waals surface area contributed by atoms with Gasteiger partial charge in [0.05, 0.1) is 5.54 Å². The third kappa shape index (κ3) is 2.10. The average molecular weight is 240 g/mol. The fourth-order valence-electron chi connectivity index (χ4n) is 2.43. The third-order valence-electron chi connectivity index (χ3n) is 3.51. The Kier molecular flexibility index (Phi) is 2.60. The summed E-state index contributed by atoms with van der Waals surface area (Å²) in [4.78, 5) is 26.7. The van der Waals surface area contributed by atoms with E-state index in [-0.39, 0.29) is 17.5 Å². The molecule has 0 aromatic heterocycles. The summed E-state index contributed by atoms with van der Waals surface area (Å²) < 4.78 is 5.29. The number of hydrogen-bond acceptors (Lipinski definition) is 3. The quantitative estimate of drug-likeness (QED) is 0.640. The van der Waals surface area contributed by atoms with Crippen LogP contribution >= 0.6 is 0 Å². The van der Waals surface area contributed by atoms with Gasteiger partial charge in [-0.1, -0.05) is 0 Å². The highest BCUT2D eigenvalue weighted by molar-refractivity contribution is 5.81. The van der Waals surface area contributed by atoms with Gasteiger partial charge in [-0.2, -0.15) is 0 Å². The zero-order valence-corrected chi connectivity index (χ0v) is 10.9. The minimum absolute atomic E-state index is 0.117. The van der Waals surface area contributed by atoms with E-state index >= 15 is 0 Å². The number of likely N-dealkylation sites (N-methyl/N-ethyl adjacent to an activating group) is 1. The SMILES string of the molecule is CN1C(=O)CCC12CN(C(=O)OC(C)(C)C)C2. The average Bonchev–Trinajstić information content (AvgIpc) is 2.39. The standard InChI is InChI=1S/C12H20N2O3/c1-11(2,3)17-10(16)14-7-12(8-14)6-5-9(15)13(12)4/h5-8H2,1-4H3. The largest absolute Gasteiger partial charge is 0.444 e. The fraction of sp³-hybridized carbons (Fsp3) is 0.833. The van der Waals surface area contributed by atoms with Gasteiger partial charge < -0.3 is 14.5 Å². The van der Waals surface area contributed by atoms with Crippen molar-refractivity contribution >= 4 is 12.0 Å². The number of hydrogen-bond donors (Lipinski definition) is 0. The Balaban J connectivity index is 1.91. The summed E-state index contributed by atoms with van der Waals surface area (Å²) in [5, 5.41) is 0. The van der Waals surface area contributed by atoms with Gasteiger partial charge in [0.15, 0.2) is 0 Å². The van der Waals surface area contributed by atoms with E-state index in [1.807, 2.05) is 27.8 Å². The van der Waals surface area contributed by atoms with E-state index in [9.17, 15) is 9.59 Å². The van der Waals surface area contributed by atoms with Crippen molar-refractivity contribution in [1.29, 1.82) is 0 Å². The Bertz CT molecular complexity index is 353. The molecular formula is C12H20N2O3. The number of carbonyl (C=O) groups excluding carboxylic acids is 2. The summed E-state index contributed by atoms with van der Waals surface area (Å²) in [5.74, 6) is 0.175. The zero-order chi connectivity index (χ0) is 12.8. The molecule has 0 aliphatic carbocycles. The molecule has 0 aromatic rings. The normalized spacial score (nSPS) is 22.9. The van der Waals surface area contributed by atoms with Crippen LogP contribution in [0.15, 0.2) is 0 Å². The monoisotopic (exact) mass is 240 g/mol. The highest BCUT2D eigenvalue weighted by Gasteiger charge is 2.53. The van der Waals surface area contributed by atoms with Crippen molar-refractivity contribution < 1.29 is 14.3 Å². The molecule has 2 amide bonds. The molecule has 2 fully saturated rings. The van der Waals surface area contributed by atoms with Crippen LogP contribution in [-0.4, -0.2) is 53.1 Å². The smallest absolute Gasteiger partial charge is 0.410 e. The zero-order valence-electron chi connectivity index (χ0n) is 10.9.